The second kappa shape index (κ2) is 5.45. The van der Waals surface area contributed by atoms with Crippen LogP contribution in [0.15, 0.2) is 30.6 Å². The molecule has 1 aromatic carbocycles. The molecule has 19 heavy (non-hydrogen) atoms. The van der Waals surface area contributed by atoms with Gasteiger partial charge < -0.3 is 15.4 Å². The van der Waals surface area contributed by atoms with Crippen LogP contribution >= 0.6 is 0 Å². The number of ether oxygens (including phenoxy) is 1. The van der Waals surface area contributed by atoms with Crippen molar-refractivity contribution in [1.82, 2.24) is 10.3 Å². The number of nitrogens with one attached hydrogen (secondary N) is 2. The van der Waals surface area contributed by atoms with Crippen molar-refractivity contribution >= 4 is 16.5 Å². The van der Waals surface area contributed by atoms with Gasteiger partial charge in [-0.2, -0.15) is 0 Å². The molecule has 0 bridgehead atoms. The zero-order chi connectivity index (χ0) is 13.1. The molecule has 1 fully saturated rings. The van der Waals surface area contributed by atoms with Crippen LogP contribution in [0.1, 0.15) is 12.8 Å². The first-order valence-electron chi connectivity index (χ1n) is 6.76. The molecular formula is C15H19N3O. The number of anilines is 1. The van der Waals surface area contributed by atoms with Crippen molar-refractivity contribution in [3.8, 4) is 5.75 Å². The minimum Gasteiger partial charge on any atom is -0.494 e. The van der Waals surface area contributed by atoms with Crippen LogP contribution in [0.25, 0.3) is 10.8 Å². The normalized spacial score (nSPS) is 16.5. The molecule has 1 aliphatic heterocycles. The molecular weight excluding hydrogens is 238 g/mol. The average Bonchev–Trinajstić information content (AvgIpc) is 2.48. The van der Waals surface area contributed by atoms with Gasteiger partial charge in [0.2, 0.25) is 0 Å². The van der Waals surface area contributed by atoms with Gasteiger partial charge in [-0.25, -0.2) is 0 Å². The van der Waals surface area contributed by atoms with Crippen molar-refractivity contribution in [3.05, 3.63) is 30.6 Å². The summed E-state index contributed by atoms with van der Waals surface area (Å²) in [5.41, 5.74) is 1.14. The fraction of sp³-hybridized carbons (Fsp3) is 0.400. The molecule has 4 nitrogen and oxygen atoms in total. The van der Waals surface area contributed by atoms with Crippen LogP contribution in [0.2, 0.25) is 0 Å². The van der Waals surface area contributed by atoms with E-state index in [0.717, 1.165) is 48.1 Å². The second-order valence-corrected chi connectivity index (χ2v) is 4.91. The Balaban J connectivity index is 1.97. The summed E-state index contributed by atoms with van der Waals surface area (Å²) in [5.74, 6) is 0.828. The minimum atomic E-state index is 0.532. The van der Waals surface area contributed by atoms with Crippen molar-refractivity contribution in [1.29, 1.82) is 0 Å². The Morgan fingerprint density at radius 2 is 2.11 bits per heavy atom. The molecule has 0 atom stereocenters. The minimum absolute atomic E-state index is 0.532. The van der Waals surface area contributed by atoms with Crippen molar-refractivity contribution in [2.45, 2.75) is 18.9 Å². The van der Waals surface area contributed by atoms with Gasteiger partial charge in [0.1, 0.15) is 5.75 Å². The number of fused-ring (bicyclic) bond motifs is 1. The lowest BCUT2D eigenvalue weighted by Crippen LogP contribution is -2.35. The van der Waals surface area contributed by atoms with Gasteiger partial charge in [0.15, 0.2) is 0 Å². The van der Waals surface area contributed by atoms with E-state index in [9.17, 15) is 0 Å². The van der Waals surface area contributed by atoms with Gasteiger partial charge in [-0.05, 0) is 32.0 Å². The predicted molar refractivity (Wildman–Crippen MR) is 77.8 cm³/mol. The van der Waals surface area contributed by atoms with E-state index in [-0.39, 0.29) is 0 Å². The fourth-order valence-electron chi connectivity index (χ4n) is 2.66. The summed E-state index contributed by atoms with van der Waals surface area (Å²) in [4.78, 5) is 4.21. The van der Waals surface area contributed by atoms with Gasteiger partial charge in [-0.3, -0.25) is 4.98 Å². The molecule has 0 aliphatic carbocycles. The first-order chi connectivity index (χ1) is 9.38. The average molecular weight is 257 g/mol. The number of methoxy groups -OCH3 is 1. The van der Waals surface area contributed by atoms with E-state index in [1.807, 2.05) is 6.20 Å². The van der Waals surface area contributed by atoms with Gasteiger partial charge in [0.05, 0.1) is 18.7 Å². The van der Waals surface area contributed by atoms with Crippen LogP contribution in [0, 0.1) is 0 Å². The molecule has 100 valence electrons. The second-order valence-electron chi connectivity index (χ2n) is 4.91. The number of rotatable bonds is 3. The number of hydrogen-bond donors (Lipinski definition) is 2. The molecule has 1 aliphatic rings. The monoisotopic (exact) mass is 257 g/mol. The molecule has 0 saturated carbocycles. The molecule has 1 saturated heterocycles. The van der Waals surface area contributed by atoms with Crippen LogP contribution in [0.3, 0.4) is 0 Å². The van der Waals surface area contributed by atoms with E-state index >= 15 is 0 Å². The Labute approximate surface area is 113 Å². The van der Waals surface area contributed by atoms with E-state index in [0.29, 0.717) is 6.04 Å². The molecule has 0 unspecified atom stereocenters. The summed E-state index contributed by atoms with van der Waals surface area (Å²) < 4.78 is 5.44. The smallest absolute Gasteiger partial charge is 0.147 e. The highest BCUT2D eigenvalue weighted by Gasteiger charge is 2.15. The Kier molecular flexibility index (Phi) is 3.51. The maximum atomic E-state index is 5.44. The summed E-state index contributed by atoms with van der Waals surface area (Å²) in [6, 6.07) is 6.78. The lowest BCUT2D eigenvalue weighted by atomic mass is 10.0. The van der Waals surface area contributed by atoms with E-state index in [1.165, 1.54) is 0 Å². The fourth-order valence-corrected chi connectivity index (χ4v) is 2.66. The SMILES string of the molecule is COc1cncc2cccc(NC3CCNCC3)c12. The molecule has 1 aromatic heterocycles. The van der Waals surface area contributed by atoms with Crippen molar-refractivity contribution < 1.29 is 4.74 Å². The third-order valence-electron chi connectivity index (χ3n) is 3.67. The quantitative estimate of drug-likeness (QED) is 0.886. The van der Waals surface area contributed by atoms with Crippen LogP contribution in [-0.4, -0.2) is 31.2 Å². The van der Waals surface area contributed by atoms with Crippen LogP contribution in [0.4, 0.5) is 5.69 Å². The Bertz CT molecular complexity index is 559. The van der Waals surface area contributed by atoms with Gasteiger partial charge in [0.25, 0.3) is 0 Å². The highest BCUT2D eigenvalue weighted by atomic mass is 16.5. The largest absolute Gasteiger partial charge is 0.494 e. The topological polar surface area (TPSA) is 46.2 Å². The van der Waals surface area contributed by atoms with E-state index in [4.69, 9.17) is 4.74 Å². The summed E-state index contributed by atoms with van der Waals surface area (Å²) in [6.45, 7) is 2.17. The van der Waals surface area contributed by atoms with Crippen LogP contribution in [-0.2, 0) is 0 Å². The molecule has 0 spiro atoms. The van der Waals surface area contributed by atoms with Gasteiger partial charge in [-0.1, -0.05) is 12.1 Å². The van der Waals surface area contributed by atoms with Gasteiger partial charge >= 0.3 is 0 Å². The third kappa shape index (κ3) is 2.49. The number of hydrogen-bond acceptors (Lipinski definition) is 4. The summed E-state index contributed by atoms with van der Waals surface area (Å²) >= 11 is 0. The molecule has 4 heteroatoms. The Hall–Kier alpha value is -1.81. The Morgan fingerprint density at radius 3 is 2.89 bits per heavy atom. The Morgan fingerprint density at radius 1 is 1.26 bits per heavy atom. The van der Waals surface area contributed by atoms with Crippen LogP contribution in [0.5, 0.6) is 5.75 Å². The zero-order valence-corrected chi connectivity index (χ0v) is 11.1. The number of benzene rings is 1. The number of pyridine rings is 1. The number of piperidine rings is 1. The van der Waals surface area contributed by atoms with E-state index in [2.05, 4.69) is 33.8 Å². The van der Waals surface area contributed by atoms with Gasteiger partial charge in [-0.15, -0.1) is 0 Å². The standard InChI is InChI=1S/C15H19N3O/c1-19-14-10-17-9-11-3-2-4-13(15(11)14)18-12-5-7-16-8-6-12/h2-4,9-10,12,16,18H,5-8H2,1H3. The maximum Gasteiger partial charge on any atom is 0.147 e. The molecule has 3 rings (SSSR count). The maximum absolute atomic E-state index is 5.44. The van der Waals surface area contributed by atoms with Crippen LogP contribution < -0.4 is 15.4 Å². The van der Waals surface area contributed by atoms with E-state index < -0.39 is 0 Å². The third-order valence-corrected chi connectivity index (χ3v) is 3.67. The highest BCUT2D eigenvalue weighted by molar-refractivity contribution is 5.98. The summed E-state index contributed by atoms with van der Waals surface area (Å²) in [5, 5.41) is 9.27. The molecule has 0 radical (unpaired) electrons. The van der Waals surface area contributed by atoms with Gasteiger partial charge in [0, 0.05) is 23.3 Å². The molecule has 2 heterocycles. The first kappa shape index (κ1) is 12.2. The zero-order valence-electron chi connectivity index (χ0n) is 11.1. The highest BCUT2D eigenvalue weighted by Crippen LogP contribution is 2.32. The van der Waals surface area contributed by atoms with Crippen molar-refractivity contribution in [3.63, 3.8) is 0 Å². The number of aromatic nitrogens is 1. The summed E-state index contributed by atoms with van der Waals surface area (Å²) in [6.07, 6.45) is 5.97. The lowest BCUT2D eigenvalue weighted by Gasteiger charge is -2.25. The van der Waals surface area contributed by atoms with E-state index in [1.54, 1.807) is 13.3 Å². The summed E-state index contributed by atoms with van der Waals surface area (Å²) in [7, 11) is 1.69. The molecule has 2 N–H and O–H groups in total. The predicted octanol–water partition coefficient (Wildman–Crippen LogP) is 2.41. The van der Waals surface area contributed by atoms with Crippen molar-refractivity contribution in [2.24, 2.45) is 0 Å². The number of nitrogens with zero attached hydrogens (tertiary/aromatic N) is 1. The van der Waals surface area contributed by atoms with Crippen molar-refractivity contribution in [2.75, 3.05) is 25.5 Å². The molecule has 0 amide bonds. The molecule has 2 aromatic rings. The lowest BCUT2D eigenvalue weighted by molar-refractivity contribution is 0.418. The first-order valence-corrected chi connectivity index (χ1v) is 6.76.